The molecule has 0 amide bonds. The van der Waals surface area contributed by atoms with Gasteiger partial charge in [0, 0.05) is 32.1 Å². The highest BCUT2D eigenvalue weighted by atomic mass is 32.2. The van der Waals surface area contributed by atoms with E-state index >= 15 is 0 Å². The van der Waals surface area contributed by atoms with E-state index in [0.717, 1.165) is 57.7 Å². The van der Waals surface area contributed by atoms with Gasteiger partial charge in [0.05, 0.1) is 12.4 Å². The van der Waals surface area contributed by atoms with Crippen LogP contribution in [0.2, 0.25) is 0 Å². The van der Waals surface area contributed by atoms with Crippen molar-refractivity contribution >= 4 is 10.0 Å². The average molecular weight is 336 g/mol. The van der Waals surface area contributed by atoms with Crippen LogP contribution < -0.4 is 4.74 Å². The molecule has 0 aromatic heterocycles. The van der Waals surface area contributed by atoms with Crippen molar-refractivity contribution in [1.82, 2.24) is 9.21 Å². The number of nitrogens with zero attached hydrogens (tertiary/aromatic N) is 2. The standard InChI is InChI=1S/C17H24N2O3S/c20-23(21)10-2-8-19(23)16-3-1-7-18(13-16)12-14-4-5-17-15(11-14)6-9-22-17/h4-5,11,16H,1-3,6-10,12-13H2/t16-/m0/s1. The van der Waals surface area contributed by atoms with Crippen LogP contribution in [0.15, 0.2) is 18.2 Å². The molecule has 0 unspecified atom stereocenters. The van der Waals surface area contributed by atoms with Crippen molar-refractivity contribution < 1.29 is 13.2 Å². The molecule has 3 aliphatic rings. The first-order valence-corrected chi connectivity index (χ1v) is 10.2. The first-order valence-electron chi connectivity index (χ1n) is 8.58. The molecule has 0 spiro atoms. The van der Waals surface area contributed by atoms with Crippen molar-refractivity contribution in [2.24, 2.45) is 0 Å². The van der Waals surface area contributed by atoms with Gasteiger partial charge in [-0.3, -0.25) is 4.90 Å². The first-order chi connectivity index (χ1) is 11.1. The molecular formula is C17H24N2O3S. The van der Waals surface area contributed by atoms with Crippen LogP contribution in [0.5, 0.6) is 5.75 Å². The van der Waals surface area contributed by atoms with E-state index in [1.165, 1.54) is 11.1 Å². The molecule has 1 atom stereocenters. The number of fused-ring (bicyclic) bond motifs is 1. The zero-order valence-electron chi connectivity index (χ0n) is 13.4. The van der Waals surface area contributed by atoms with Crippen molar-refractivity contribution in [3.8, 4) is 5.75 Å². The summed E-state index contributed by atoms with van der Waals surface area (Å²) in [5, 5.41) is 0. The number of sulfonamides is 1. The Morgan fingerprint density at radius 3 is 2.96 bits per heavy atom. The third-order valence-corrected chi connectivity index (χ3v) is 7.19. The predicted molar refractivity (Wildman–Crippen MR) is 89.0 cm³/mol. The lowest BCUT2D eigenvalue weighted by atomic mass is 10.0. The largest absolute Gasteiger partial charge is 0.493 e. The van der Waals surface area contributed by atoms with Crippen LogP contribution in [0.3, 0.4) is 0 Å². The van der Waals surface area contributed by atoms with Crippen LogP contribution >= 0.6 is 0 Å². The van der Waals surface area contributed by atoms with Gasteiger partial charge in [0.25, 0.3) is 0 Å². The summed E-state index contributed by atoms with van der Waals surface area (Å²) in [4.78, 5) is 2.40. The number of likely N-dealkylation sites (tertiary alicyclic amines) is 1. The van der Waals surface area contributed by atoms with Crippen LogP contribution in [0.1, 0.15) is 30.4 Å². The summed E-state index contributed by atoms with van der Waals surface area (Å²) >= 11 is 0. The summed E-state index contributed by atoms with van der Waals surface area (Å²) in [5.41, 5.74) is 2.61. The second-order valence-electron chi connectivity index (χ2n) is 6.85. The molecule has 3 aliphatic heterocycles. The molecule has 6 heteroatoms. The Balaban J connectivity index is 1.43. The minimum Gasteiger partial charge on any atom is -0.493 e. The van der Waals surface area contributed by atoms with Gasteiger partial charge in [0.2, 0.25) is 10.0 Å². The normalized spacial score (nSPS) is 27.7. The first kappa shape index (κ1) is 15.4. The molecule has 0 radical (unpaired) electrons. The fraction of sp³-hybridized carbons (Fsp3) is 0.647. The SMILES string of the molecule is O=S1(=O)CCCN1[C@H]1CCCN(Cc2ccc3c(c2)CCO3)C1. The number of benzene rings is 1. The van der Waals surface area contributed by atoms with Crippen LogP contribution in [0.25, 0.3) is 0 Å². The van der Waals surface area contributed by atoms with Crippen LogP contribution in [-0.2, 0) is 23.0 Å². The van der Waals surface area contributed by atoms with Gasteiger partial charge < -0.3 is 4.74 Å². The van der Waals surface area contributed by atoms with Gasteiger partial charge in [-0.1, -0.05) is 12.1 Å². The highest BCUT2D eigenvalue weighted by Crippen LogP contribution is 2.28. The molecule has 0 bridgehead atoms. The highest BCUT2D eigenvalue weighted by Gasteiger charge is 2.36. The third-order valence-electron chi connectivity index (χ3n) is 5.19. The Hall–Kier alpha value is -1.11. The van der Waals surface area contributed by atoms with Crippen LogP contribution in [0.4, 0.5) is 0 Å². The van der Waals surface area contributed by atoms with Gasteiger partial charge in [0.15, 0.2) is 0 Å². The molecule has 1 aromatic carbocycles. The molecule has 0 N–H and O–H groups in total. The average Bonchev–Trinajstić information content (AvgIpc) is 3.12. The van der Waals surface area contributed by atoms with E-state index < -0.39 is 10.0 Å². The summed E-state index contributed by atoms with van der Waals surface area (Å²) in [5.74, 6) is 1.35. The lowest BCUT2D eigenvalue weighted by molar-refractivity contribution is 0.146. The second-order valence-corrected chi connectivity index (χ2v) is 8.89. The van der Waals surface area contributed by atoms with Crippen molar-refractivity contribution in [1.29, 1.82) is 0 Å². The van der Waals surface area contributed by atoms with Crippen molar-refractivity contribution in [3.63, 3.8) is 0 Å². The maximum atomic E-state index is 12.1. The number of ether oxygens (including phenoxy) is 1. The van der Waals surface area contributed by atoms with E-state index in [2.05, 4.69) is 23.1 Å². The van der Waals surface area contributed by atoms with Crippen LogP contribution in [0, 0.1) is 0 Å². The summed E-state index contributed by atoms with van der Waals surface area (Å²) in [6, 6.07) is 6.62. The fourth-order valence-electron chi connectivity index (χ4n) is 4.08. The number of piperidine rings is 1. The molecule has 1 aromatic rings. The smallest absolute Gasteiger partial charge is 0.214 e. The second kappa shape index (κ2) is 6.07. The zero-order valence-corrected chi connectivity index (χ0v) is 14.2. The monoisotopic (exact) mass is 336 g/mol. The number of rotatable bonds is 3. The van der Waals surface area contributed by atoms with E-state index in [-0.39, 0.29) is 6.04 Å². The van der Waals surface area contributed by atoms with E-state index in [4.69, 9.17) is 4.74 Å². The van der Waals surface area contributed by atoms with Crippen molar-refractivity contribution in [2.75, 3.05) is 32.0 Å². The number of hydrogen-bond acceptors (Lipinski definition) is 4. The molecule has 2 fully saturated rings. The maximum Gasteiger partial charge on any atom is 0.214 e. The molecular weight excluding hydrogens is 312 g/mol. The molecule has 2 saturated heterocycles. The minimum atomic E-state index is -3.00. The Bertz CT molecular complexity index is 689. The quantitative estimate of drug-likeness (QED) is 0.842. The van der Waals surface area contributed by atoms with E-state index in [9.17, 15) is 8.42 Å². The summed E-state index contributed by atoms with van der Waals surface area (Å²) in [6.07, 6.45) is 3.85. The topological polar surface area (TPSA) is 49.9 Å². The van der Waals surface area contributed by atoms with Crippen LogP contribution in [-0.4, -0.2) is 55.7 Å². The molecule has 23 heavy (non-hydrogen) atoms. The van der Waals surface area contributed by atoms with Gasteiger partial charge >= 0.3 is 0 Å². The lowest BCUT2D eigenvalue weighted by Gasteiger charge is -2.36. The van der Waals surface area contributed by atoms with Gasteiger partial charge in [-0.15, -0.1) is 0 Å². The highest BCUT2D eigenvalue weighted by molar-refractivity contribution is 7.89. The van der Waals surface area contributed by atoms with E-state index in [1.807, 2.05) is 0 Å². The maximum absolute atomic E-state index is 12.1. The molecule has 3 heterocycles. The Morgan fingerprint density at radius 1 is 1.22 bits per heavy atom. The minimum absolute atomic E-state index is 0.161. The van der Waals surface area contributed by atoms with E-state index in [0.29, 0.717) is 12.3 Å². The Kier molecular flexibility index (Phi) is 4.07. The lowest BCUT2D eigenvalue weighted by Crippen LogP contribution is -2.48. The third kappa shape index (κ3) is 3.12. The van der Waals surface area contributed by atoms with Gasteiger partial charge in [0.1, 0.15) is 5.75 Å². The summed E-state index contributed by atoms with van der Waals surface area (Å²) in [7, 11) is -3.00. The molecule has 4 rings (SSSR count). The molecule has 126 valence electrons. The Morgan fingerprint density at radius 2 is 2.13 bits per heavy atom. The van der Waals surface area contributed by atoms with Crippen molar-refractivity contribution in [3.05, 3.63) is 29.3 Å². The predicted octanol–water partition coefficient (Wildman–Crippen LogP) is 1.62. The number of hydrogen-bond donors (Lipinski definition) is 0. The molecule has 0 aliphatic carbocycles. The van der Waals surface area contributed by atoms with Crippen molar-refractivity contribution in [2.45, 2.75) is 38.3 Å². The summed E-state index contributed by atoms with van der Waals surface area (Å²) in [6.45, 7) is 4.30. The van der Waals surface area contributed by atoms with Gasteiger partial charge in [-0.2, -0.15) is 4.31 Å². The van der Waals surface area contributed by atoms with E-state index in [1.54, 1.807) is 4.31 Å². The summed E-state index contributed by atoms with van der Waals surface area (Å²) < 4.78 is 31.6. The van der Waals surface area contributed by atoms with Gasteiger partial charge in [-0.05, 0) is 43.0 Å². The fourth-order valence-corrected chi connectivity index (χ4v) is 5.84. The molecule has 0 saturated carbocycles. The Labute approximate surface area is 138 Å². The van der Waals surface area contributed by atoms with Gasteiger partial charge in [-0.25, -0.2) is 8.42 Å². The zero-order chi connectivity index (χ0) is 15.9. The molecule has 5 nitrogen and oxygen atoms in total.